The van der Waals surface area contributed by atoms with Crippen LogP contribution in [0.1, 0.15) is 194 Å². The summed E-state index contributed by atoms with van der Waals surface area (Å²) in [5, 5.41) is 8.01. The van der Waals surface area contributed by atoms with Crippen molar-refractivity contribution in [2.24, 2.45) is 0 Å². The van der Waals surface area contributed by atoms with E-state index in [9.17, 15) is 0 Å². The Morgan fingerprint density at radius 2 is 0.889 bits per heavy atom. The number of rotatable bonds is 33. The highest BCUT2D eigenvalue weighted by atomic mass is 16.5. The van der Waals surface area contributed by atoms with Gasteiger partial charge < -0.3 is 13.9 Å². The van der Waals surface area contributed by atoms with E-state index in [4.69, 9.17) is 13.9 Å². The lowest BCUT2D eigenvalue weighted by atomic mass is 10.0. The summed E-state index contributed by atoms with van der Waals surface area (Å²) in [4.78, 5) is 0. The summed E-state index contributed by atoms with van der Waals surface area (Å²) >= 11 is 0. The predicted molar refractivity (Wildman–Crippen MR) is 191 cm³/mol. The van der Waals surface area contributed by atoms with Crippen LogP contribution >= 0.6 is 0 Å². The van der Waals surface area contributed by atoms with E-state index in [-0.39, 0.29) is 0 Å². The second-order valence-electron chi connectivity index (χ2n) is 13.3. The van der Waals surface area contributed by atoms with E-state index in [1.165, 1.54) is 173 Å². The van der Waals surface area contributed by atoms with Crippen LogP contribution in [0.4, 0.5) is 0 Å². The third-order valence-corrected chi connectivity index (χ3v) is 9.06. The molecule has 0 bridgehead atoms. The molecule has 0 saturated carbocycles. The van der Waals surface area contributed by atoms with Crippen LogP contribution in [-0.2, 0) is 0 Å². The summed E-state index contributed by atoms with van der Waals surface area (Å²) in [5.74, 6) is 2.10. The number of aromatic nitrogens is 2. The van der Waals surface area contributed by atoms with E-state index in [1.807, 2.05) is 18.2 Å². The van der Waals surface area contributed by atoms with Crippen LogP contribution in [0.2, 0.25) is 0 Å². The molecule has 0 fully saturated rings. The van der Waals surface area contributed by atoms with E-state index in [0.717, 1.165) is 36.5 Å². The smallest absolute Gasteiger partial charge is 0.251 e. The lowest BCUT2D eigenvalue weighted by Gasteiger charge is -2.12. The summed E-state index contributed by atoms with van der Waals surface area (Å²) in [6.45, 7) is 6.02. The van der Waals surface area contributed by atoms with Crippen LogP contribution in [0, 0.1) is 0 Å². The summed E-state index contributed by atoms with van der Waals surface area (Å²) in [6.07, 6.45) is 39.5. The number of ether oxygens (including phenoxy) is 2. The highest BCUT2D eigenvalue weighted by molar-refractivity contribution is 5.64. The molecule has 5 heteroatoms. The van der Waals surface area contributed by atoms with Gasteiger partial charge in [0.1, 0.15) is 11.5 Å². The van der Waals surface area contributed by atoms with Crippen molar-refractivity contribution in [3.05, 3.63) is 24.6 Å². The molecule has 0 aliphatic heterocycles. The topological polar surface area (TPSA) is 57.4 Å². The van der Waals surface area contributed by atoms with Crippen LogP contribution in [0.25, 0.3) is 11.5 Å². The highest BCUT2D eigenvalue weighted by Gasteiger charge is 2.13. The van der Waals surface area contributed by atoms with E-state index in [1.54, 1.807) is 0 Å². The molecular weight excluding hydrogens is 556 g/mol. The maximum atomic E-state index is 6.17. The third kappa shape index (κ3) is 21.4. The maximum Gasteiger partial charge on any atom is 0.251 e. The fourth-order valence-electron chi connectivity index (χ4n) is 6.15. The largest absolute Gasteiger partial charge is 0.494 e. The fourth-order valence-corrected chi connectivity index (χ4v) is 6.15. The Morgan fingerprint density at radius 3 is 1.29 bits per heavy atom. The number of nitrogens with zero attached hydrogens (tertiary/aromatic N) is 2. The average Bonchev–Trinajstić information content (AvgIpc) is 3.60. The molecule has 0 aliphatic rings. The maximum absolute atomic E-state index is 6.17. The Bertz CT molecular complexity index is 886. The molecule has 0 saturated heterocycles. The number of hydrogen-bond donors (Lipinski definition) is 0. The molecule has 2 aromatic rings. The van der Waals surface area contributed by atoms with Crippen LogP contribution in [0.3, 0.4) is 0 Å². The Morgan fingerprint density at radius 1 is 0.489 bits per heavy atom. The van der Waals surface area contributed by atoms with Gasteiger partial charge in [0.25, 0.3) is 5.89 Å². The molecule has 1 heterocycles. The number of hydrogen-bond acceptors (Lipinski definition) is 5. The molecule has 0 unspecified atom stereocenters. The monoisotopic (exact) mass is 627 g/mol. The number of unbranched alkanes of at least 4 members (excludes halogenated alkanes) is 26. The lowest BCUT2D eigenvalue weighted by Crippen LogP contribution is -2.01. The Balaban J connectivity index is 1.50. The van der Waals surface area contributed by atoms with Gasteiger partial charge in [-0.05, 0) is 31.0 Å². The molecule has 1 aromatic heterocycles. The molecule has 0 aliphatic carbocycles. The second kappa shape index (κ2) is 29.4. The molecule has 0 radical (unpaired) electrons. The van der Waals surface area contributed by atoms with E-state index in [2.05, 4.69) is 24.0 Å². The van der Waals surface area contributed by atoms with Crippen LogP contribution in [0.15, 0.2) is 29.0 Å². The standard InChI is InChI=1S/C40H70N2O3/c1-3-5-7-9-11-13-15-17-19-21-23-25-27-29-33-43-37-31-32-39(38(35-37)40-42-41-36-45-40)44-34-30-28-26-24-22-20-18-16-14-12-10-8-6-4-2/h31-32,35-36H,3-30,33-34H2,1-2H3. The van der Waals surface area contributed by atoms with Gasteiger partial charge in [0.05, 0.1) is 18.8 Å². The van der Waals surface area contributed by atoms with E-state index < -0.39 is 0 Å². The first-order valence-corrected chi connectivity index (χ1v) is 19.5. The molecule has 45 heavy (non-hydrogen) atoms. The first-order valence-electron chi connectivity index (χ1n) is 19.5. The first-order chi connectivity index (χ1) is 22.3. The Kier molecular flexibility index (Phi) is 25.5. The first kappa shape index (κ1) is 39.1. The molecule has 258 valence electrons. The van der Waals surface area contributed by atoms with Crippen molar-refractivity contribution >= 4 is 0 Å². The molecule has 2 rings (SSSR count). The highest BCUT2D eigenvalue weighted by Crippen LogP contribution is 2.33. The van der Waals surface area contributed by atoms with Gasteiger partial charge in [0.15, 0.2) is 0 Å². The van der Waals surface area contributed by atoms with Gasteiger partial charge in [0, 0.05) is 0 Å². The van der Waals surface area contributed by atoms with Crippen LogP contribution in [0.5, 0.6) is 11.5 Å². The average molecular weight is 627 g/mol. The van der Waals surface area contributed by atoms with Gasteiger partial charge in [-0.3, -0.25) is 0 Å². The fraction of sp³-hybridized carbons (Fsp3) is 0.800. The zero-order valence-electron chi connectivity index (χ0n) is 29.6. The minimum absolute atomic E-state index is 0.480. The zero-order valence-corrected chi connectivity index (χ0v) is 29.6. The SMILES string of the molecule is CCCCCCCCCCCCCCCCOc1ccc(OCCCCCCCCCCCCCCCC)c(-c2nnco2)c1. The quantitative estimate of drug-likeness (QED) is 0.0738. The molecule has 0 spiro atoms. The Labute approximate surface area is 278 Å². The van der Waals surface area contributed by atoms with Crippen molar-refractivity contribution in [2.75, 3.05) is 13.2 Å². The lowest BCUT2D eigenvalue weighted by molar-refractivity contribution is 0.296. The minimum Gasteiger partial charge on any atom is -0.494 e. The second-order valence-corrected chi connectivity index (χ2v) is 13.3. The van der Waals surface area contributed by atoms with Crippen molar-refractivity contribution < 1.29 is 13.9 Å². The van der Waals surface area contributed by atoms with Gasteiger partial charge in [-0.2, -0.15) is 0 Å². The summed E-state index contributed by atoms with van der Waals surface area (Å²) in [7, 11) is 0. The van der Waals surface area contributed by atoms with Gasteiger partial charge in [-0.15, -0.1) is 10.2 Å². The van der Waals surface area contributed by atoms with Gasteiger partial charge in [0.2, 0.25) is 6.39 Å². The molecule has 1 aromatic carbocycles. The molecule has 5 nitrogen and oxygen atoms in total. The minimum atomic E-state index is 0.480. The zero-order chi connectivity index (χ0) is 31.9. The van der Waals surface area contributed by atoms with E-state index >= 15 is 0 Å². The molecular formula is C40H70N2O3. The van der Waals surface area contributed by atoms with Crippen molar-refractivity contribution in [1.29, 1.82) is 0 Å². The van der Waals surface area contributed by atoms with Crippen molar-refractivity contribution in [2.45, 2.75) is 194 Å². The normalized spacial score (nSPS) is 11.3. The summed E-state index contributed by atoms with van der Waals surface area (Å²) < 4.78 is 17.8. The van der Waals surface area contributed by atoms with Gasteiger partial charge in [-0.1, -0.05) is 181 Å². The van der Waals surface area contributed by atoms with E-state index in [0.29, 0.717) is 12.5 Å². The van der Waals surface area contributed by atoms with Gasteiger partial charge >= 0.3 is 0 Å². The molecule has 0 N–H and O–H groups in total. The molecule has 0 amide bonds. The summed E-state index contributed by atoms with van der Waals surface area (Å²) in [6, 6.07) is 5.98. The van der Waals surface area contributed by atoms with Crippen LogP contribution < -0.4 is 9.47 Å². The van der Waals surface area contributed by atoms with Crippen molar-refractivity contribution in [3.8, 4) is 23.0 Å². The molecule has 0 atom stereocenters. The van der Waals surface area contributed by atoms with Crippen molar-refractivity contribution in [3.63, 3.8) is 0 Å². The van der Waals surface area contributed by atoms with Crippen LogP contribution in [-0.4, -0.2) is 23.4 Å². The third-order valence-electron chi connectivity index (χ3n) is 9.06. The van der Waals surface area contributed by atoms with Gasteiger partial charge in [-0.25, -0.2) is 0 Å². The summed E-state index contributed by atoms with van der Waals surface area (Å²) in [5.41, 5.74) is 0.816. The van der Waals surface area contributed by atoms with Crippen molar-refractivity contribution in [1.82, 2.24) is 10.2 Å². The predicted octanol–water partition coefficient (Wildman–Crippen LogP) is 13.5. The Hall–Kier alpha value is -2.04. The number of benzene rings is 1.